The summed E-state index contributed by atoms with van der Waals surface area (Å²) >= 11 is 0. The second-order valence-electron chi connectivity index (χ2n) is 12.2. The van der Waals surface area contributed by atoms with E-state index in [-0.39, 0.29) is 11.7 Å². The molecular formula is C30H49N5O. The quantitative estimate of drug-likeness (QED) is 0.654. The van der Waals surface area contributed by atoms with Crippen LogP contribution < -0.4 is 5.32 Å². The first kappa shape index (κ1) is 26.3. The maximum Gasteiger partial charge on any atom is 0.145 e. The minimum absolute atomic E-state index is 0.118. The second-order valence-corrected chi connectivity index (χ2v) is 12.2. The van der Waals surface area contributed by atoms with E-state index in [1.54, 1.807) is 6.92 Å². The molecule has 1 N–H and O–H groups in total. The topological polar surface area (TPSA) is 42.1 Å². The minimum Gasteiger partial charge on any atom is -0.304 e. The Morgan fingerprint density at radius 3 is 2.11 bits per heavy atom. The van der Waals surface area contributed by atoms with Crippen LogP contribution in [0.1, 0.15) is 51.5 Å². The summed E-state index contributed by atoms with van der Waals surface area (Å²) < 4.78 is 0. The lowest BCUT2D eigenvalue weighted by atomic mass is 9.81. The number of nitrogens with zero attached hydrogens (tertiary/aromatic N) is 4. The van der Waals surface area contributed by atoms with Crippen LogP contribution >= 0.6 is 0 Å². The van der Waals surface area contributed by atoms with E-state index in [1.807, 2.05) is 0 Å². The number of hydrogen-bond donors (Lipinski definition) is 1. The number of carbonyl (C=O) groups is 1. The molecule has 1 aromatic carbocycles. The van der Waals surface area contributed by atoms with Crippen LogP contribution in [0.3, 0.4) is 0 Å². The third kappa shape index (κ3) is 5.44. The fraction of sp³-hybridized carbons (Fsp3) is 0.767. The Morgan fingerprint density at radius 2 is 1.50 bits per heavy atom. The van der Waals surface area contributed by atoms with Gasteiger partial charge in [0.25, 0.3) is 0 Å². The first-order valence-electron chi connectivity index (χ1n) is 14.7. The highest BCUT2D eigenvalue weighted by Gasteiger charge is 2.55. The molecule has 0 amide bonds. The van der Waals surface area contributed by atoms with E-state index in [4.69, 9.17) is 0 Å². The van der Waals surface area contributed by atoms with E-state index in [0.717, 1.165) is 77.7 Å². The van der Waals surface area contributed by atoms with Gasteiger partial charge in [-0.2, -0.15) is 0 Å². The Bertz CT molecular complexity index is 840. The van der Waals surface area contributed by atoms with Crippen molar-refractivity contribution in [3.05, 3.63) is 35.9 Å². The van der Waals surface area contributed by atoms with Gasteiger partial charge in [0.05, 0.1) is 6.04 Å². The molecule has 0 aliphatic carbocycles. The molecule has 1 aromatic rings. The van der Waals surface area contributed by atoms with Crippen molar-refractivity contribution in [1.29, 1.82) is 0 Å². The number of hydrogen-bond acceptors (Lipinski definition) is 6. The zero-order valence-corrected chi connectivity index (χ0v) is 23.0. The summed E-state index contributed by atoms with van der Waals surface area (Å²) in [6, 6.07) is 11.6. The van der Waals surface area contributed by atoms with Gasteiger partial charge in [0.15, 0.2) is 0 Å². The van der Waals surface area contributed by atoms with Gasteiger partial charge in [-0.25, -0.2) is 0 Å². The van der Waals surface area contributed by atoms with Crippen molar-refractivity contribution in [2.45, 2.75) is 64.2 Å². The average molecular weight is 496 g/mol. The maximum atomic E-state index is 12.2. The lowest BCUT2D eigenvalue weighted by molar-refractivity contribution is -0.184. The van der Waals surface area contributed by atoms with E-state index in [0.29, 0.717) is 17.7 Å². The Hall–Kier alpha value is -1.31. The van der Waals surface area contributed by atoms with Gasteiger partial charge < -0.3 is 4.90 Å². The van der Waals surface area contributed by atoms with Gasteiger partial charge in [-0.15, -0.1) is 0 Å². The number of ketones is 1. The molecular weight excluding hydrogens is 446 g/mol. The zero-order valence-electron chi connectivity index (χ0n) is 23.0. The fourth-order valence-electron chi connectivity index (χ4n) is 7.71. The van der Waals surface area contributed by atoms with Gasteiger partial charge in [0, 0.05) is 58.3 Å². The number of Topliss-reactive ketones (excluding diaryl/α,β-unsaturated/α-hetero) is 1. The number of rotatable bonds is 6. The lowest BCUT2D eigenvalue weighted by Crippen LogP contribution is -2.82. The molecule has 6 heteroatoms. The van der Waals surface area contributed by atoms with Crippen LogP contribution in [0.25, 0.3) is 0 Å². The average Bonchev–Trinajstić information content (AvgIpc) is 2.90. The van der Waals surface area contributed by atoms with Crippen molar-refractivity contribution in [3.8, 4) is 0 Å². The highest BCUT2D eigenvalue weighted by molar-refractivity contribution is 5.78. The number of likely N-dealkylation sites (tertiary alicyclic amines) is 2. The van der Waals surface area contributed by atoms with Crippen LogP contribution in [0.5, 0.6) is 0 Å². The van der Waals surface area contributed by atoms with Gasteiger partial charge in [0.2, 0.25) is 0 Å². The molecule has 4 aliphatic heterocycles. The zero-order chi connectivity index (χ0) is 25.1. The Kier molecular flexibility index (Phi) is 8.48. The van der Waals surface area contributed by atoms with Crippen molar-refractivity contribution >= 4 is 5.78 Å². The number of benzene rings is 1. The molecule has 4 fully saturated rings. The summed E-state index contributed by atoms with van der Waals surface area (Å²) in [5, 5.41) is 4.18. The summed E-state index contributed by atoms with van der Waals surface area (Å²) in [6.45, 7) is 14.4. The maximum absolute atomic E-state index is 12.2. The van der Waals surface area contributed by atoms with Crippen LogP contribution in [-0.4, -0.2) is 103 Å². The monoisotopic (exact) mass is 495 g/mol. The van der Waals surface area contributed by atoms with Crippen molar-refractivity contribution in [3.63, 3.8) is 0 Å². The van der Waals surface area contributed by atoms with Crippen molar-refractivity contribution in [2.75, 3.05) is 66.0 Å². The molecule has 4 heterocycles. The SMILES string of the molecule is CC(=O)C1CCN(C2(N3CCC(Cc4ccccc4)CC3)NCCC(C)C2N2CCN(C)CC2)CC1. The Labute approximate surface area is 219 Å². The van der Waals surface area contributed by atoms with Crippen molar-refractivity contribution in [1.82, 2.24) is 24.9 Å². The molecule has 200 valence electrons. The van der Waals surface area contributed by atoms with Crippen LogP contribution in [-0.2, 0) is 11.2 Å². The Balaban J connectivity index is 1.38. The molecule has 4 aliphatic rings. The molecule has 0 radical (unpaired) electrons. The van der Waals surface area contributed by atoms with Crippen molar-refractivity contribution in [2.24, 2.45) is 17.8 Å². The van der Waals surface area contributed by atoms with Gasteiger partial charge in [-0.1, -0.05) is 37.3 Å². The van der Waals surface area contributed by atoms with Gasteiger partial charge in [-0.3, -0.25) is 24.8 Å². The van der Waals surface area contributed by atoms with E-state index in [1.165, 1.54) is 31.2 Å². The summed E-state index contributed by atoms with van der Waals surface area (Å²) in [7, 11) is 2.26. The standard InChI is InChI=1S/C30H49N5O/c1-24-9-14-31-30(29(24)33-21-19-32(3)20-22-33,35-17-12-28(13-18-35)25(2)36)34-15-10-27(11-16-34)23-26-7-5-4-6-8-26/h4-8,24,27-29,31H,9-23H2,1-3H3. The smallest absolute Gasteiger partial charge is 0.145 e. The molecule has 36 heavy (non-hydrogen) atoms. The number of nitrogens with one attached hydrogen (secondary N) is 1. The number of carbonyl (C=O) groups excluding carboxylic acids is 1. The summed E-state index contributed by atoms with van der Waals surface area (Å²) in [6.07, 6.45) is 7.00. The molecule has 3 unspecified atom stereocenters. The number of piperazine rings is 1. The second kappa shape index (κ2) is 11.6. The van der Waals surface area contributed by atoms with E-state index >= 15 is 0 Å². The predicted octanol–water partition coefficient (Wildman–Crippen LogP) is 3.14. The fourth-order valence-corrected chi connectivity index (χ4v) is 7.71. The highest BCUT2D eigenvalue weighted by Crippen LogP contribution is 2.40. The van der Waals surface area contributed by atoms with E-state index in [2.05, 4.69) is 69.2 Å². The van der Waals surface area contributed by atoms with Crippen LogP contribution in [0.2, 0.25) is 0 Å². The van der Waals surface area contributed by atoms with E-state index in [9.17, 15) is 4.79 Å². The molecule has 4 saturated heterocycles. The number of piperidine rings is 3. The van der Waals surface area contributed by atoms with Crippen LogP contribution in [0.15, 0.2) is 30.3 Å². The molecule has 0 bridgehead atoms. The first-order chi connectivity index (χ1) is 17.5. The minimum atomic E-state index is -0.118. The van der Waals surface area contributed by atoms with Gasteiger partial charge in [-0.05, 0) is 76.4 Å². The van der Waals surface area contributed by atoms with Gasteiger partial charge >= 0.3 is 0 Å². The molecule has 6 nitrogen and oxygen atoms in total. The highest BCUT2D eigenvalue weighted by atomic mass is 16.1. The lowest BCUT2D eigenvalue weighted by Gasteiger charge is -2.63. The summed E-state index contributed by atoms with van der Waals surface area (Å²) in [5.41, 5.74) is 1.48. The third-order valence-electron chi connectivity index (χ3n) is 9.88. The van der Waals surface area contributed by atoms with Crippen molar-refractivity contribution < 1.29 is 4.79 Å². The largest absolute Gasteiger partial charge is 0.304 e. The molecule has 0 saturated carbocycles. The van der Waals surface area contributed by atoms with Crippen LogP contribution in [0, 0.1) is 17.8 Å². The third-order valence-corrected chi connectivity index (χ3v) is 9.88. The summed E-state index contributed by atoms with van der Waals surface area (Å²) in [4.78, 5) is 23.1. The number of likely N-dealkylation sites (N-methyl/N-ethyl adjacent to an activating group) is 1. The molecule has 0 aromatic heterocycles. The Morgan fingerprint density at radius 1 is 0.889 bits per heavy atom. The molecule has 5 rings (SSSR count). The van der Waals surface area contributed by atoms with E-state index < -0.39 is 0 Å². The predicted molar refractivity (Wildman–Crippen MR) is 147 cm³/mol. The summed E-state index contributed by atoms with van der Waals surface area (Å²) in [5.74, 6) is 1.94. The van der Waals surface area contributed by atoms with Crippen LogP contribution in [0.4, 0.5) is 0 Å². The van der Waals surface area contributed by atoms with Gasteiger partial charge in [0.1, 0.15) is 11.6 Å². The molecule has 3 atom stereocenters. The first-order valence-corrected chi connectivity index (χ1v) is 14.7. The normalized spacial score (nSPS) is 33.1. The molecule has 0 spiro atoms.